The van der Waals surface area contributed by atoms with Gasteiger partial charge in [0.05, 0.1) is 18.3 Å². The van der Waals surface area contributed by atoms with Crippen molar-refractivity contribution in [3.05, 3.63) is 11.9 Å². The molecule has 1 rings (SSSR count). The largest absolute Gasteiger partial charge is 0.320 e. The van der Waals surface area contributed by atoms with E-state index in [1.807, 2.05) is 13.8 Å². The molecule has 0 amide bonds. The molecule has 0 radical (unpaired) electrons. The van der Waals surface area contributed by atoms with Gasteiger partial charge in [-0.1, -0.05) is 5.21 Å². The lowest BCUT2D eigenvalue weighted by atomic mass is 10.0. The number of hydrogen-bond acceptors (Lipinski definition) is 3. The van der Waals surface area contributed by atoms with Crippen LogP contribution in [0.5, 0.6) is 0 Å². The second-order valence-corrected chi connectivity index (χ2v) is 3.28. The molecule has 2 N–H and O–H groups in total. The predicted octanol–water partition coefficient (Wildman–Crippen LogP) is 0.441. The lowest BCUT2D eigenvalue weighted by Gasteiger charge is -2.13. The van der Waals surface area contributed by atoms with Gasteiger partial charge in [-0.15, -0.1) is 5.10 Å². The zero-order valence-corrected chi connectivity index (χ0v) is 7.29. The lowest BCUT2D eigenvalue weighted by molar-refractivity contribution is 0.422. The molecule has 1 aromatic rings. The Bertz CT molecular complexity index is 250. The summed E-state index contributed by atoms with van der Waals surface area (Å²) in [5, 5.41) is 7.55. The Labute approximate surface area is 70.6 Å². The molecule has 0 aliphatic heterocycles. The van der Waals surface area contributed by atoms with E-state index in [9.17, 15) is 4.39 Å². The first-order chi connectivity index (χ1) is 5.54. The van der Waals surface area contributed by atoms with Gasteiger partial charge in [-0.25, -0.2) is 9.07 Å². The molecule has 0 unspecified atom stereocenters. The highest BCUT2D eigenvalue weighted by atomic mass is 19.1. The van der Waals surface area contributed by atoms with E-state index >= 15 is 0 Å². The smallest absolute Gasteiger partial charge is 0.109 e. The molecule has 1 aromatic heterocycles. The Morgan fingerprint density at radius 2 is 2.33 bits per heavy atom. The monoisotopic (exact) mass is 172 g/mol. The maximum Gasteiger partial charge on any atom is 0.109 e. The first-order valence-electron chi connectivity index (χ1n) is 3.79. The third-order valence-electron chi connectivity index (χ3n) is 1.51. The molecule has 0 aliphatic carbocycles. The van der Waals surface area contributed by atoms with Crippen LogP contribution in [-0.4, -0.2) is 21.7 Å². The van der Waals surface area contributed by atoms with Crippen LogP contribution in [0.4, 0.5) is 4.39 Å². The molecular formula is C7H13FN4. The van der Waals surface area contributed by atoms with E-state index in [1.165, 1.54) is 4.68 Å². The molecule has 4 nitrogen and oxygen atoms in total. The zero-order valence-electron chi connectivity index (χ0n) is 7.29. The Hall–Kier alpha value is -0.970. The molecule has 0 fully saturated rings. The van der Waals surface area contributed by atoms with Gasteiger partial charge in [0.1, 0.15) is 12.4 Å². The highest BCUT2D eigenvalue weighted by Crippen LogP contribution is 2.11. The zero-order chi connectivity index (χ0) is 9.19. The number of rotatable bonds is 3. The summed E-state index contributed by atoms with van der Waals surface area (Å²) >= 11 is 0. The summed E-state index contributed by atoms with van der Waals surface area (Å²) in [5.74, 6) is 0. The maximum absolute atomic E-state index is 11.9. The number of halogens is 1. The fourth-order valence-electron chi connectivity index (χ4n) is 0.790. The first-order valence-corrected chi connectivity index (χ1v) is 3.79. The fourth-order valence-corrected chi connectivity index (χ4v) is 0.790. The highest BCUT2D eigenvalue weighted by Gasteiger charge is 2.17. The number of aryl methyl sites for hydroxylation is 1. The summed E-state index contributed by atoms with van der Waals surface area (Å²) in [4.78, 5) is 0. The summed E-state index contributed by atoms with van der Waals surface area (Å²) in [6.45, 7) is 3.46. The average molecular weight is 172 g/mol. The van der Waals surface area contributed by atoms with Gasteiger partial charge in [0.2, 0.25) is 0 Å². The Morgan fingerprint density at radius 1 is 1.67 bits per heavy atom. The maximum atomic E-state index is 11.9. The van der Waals surface area contributed by atoms with Crippen molar-refractivity contribution in [2.24, 2.45) is 5.73 Å². The van der Waals surface area contributed by atoms with Crippen LogP contribution in [0.25, 0.3) is 0 Å². The summed E-state index contributed by atoms with van der Waals surface area (Å²) in [6.07, 6.45) is 1.67. The predicted molar refractivity (Wildman–Crippen MR) is 43.2 cm³/mol. The van der Waals surface area contributed by atoms with Crippen LogP contribution < -0.4 is 5.73 Å². The molecule has 0 saturated carbocycles. The van der Waals surface area contributed by atoms with E-state index in [2.05, 4.69) is 10.3 Å². The minimum atomic E-state index is -0.505. The van der Waals surface area contributed by atoms with Crippen molar-refractivity contribution in [2.45, 2.75) is 25.9 Å². The van der Waals surface area contributed by atoms with Gasteiger partial charge in [0.15, 0.2) is 0 Å². The van der Waals surface area contributed by atoms with Gasteiger partial charge in [0, 0.05) is 0 Å². The van der Waals surface area contributed by atoms with Crippen LogP contribution in [0, 0.1) is 0 Å². The van der Waals surface area contributed by atoms with Gasteiger partial charge >= 0.3 is 0 Å². The second kappa shape index (κ2) is 3.18. The highest BCUT2D eigenvalue weighted by molar-refractivity contribution is 5.05. The first kappa shape index (κ1) is 9.12. The van der Waals surface area contributed by atoms with E-state index in [0.29, 0.717) is 5.69 Å². The minimum Gasteiger partial charge on any atom is -0.320 e. The van der Waals surface area contributed by atoms with Crippen molar-refractivity contribution < 1.29 is 4.39 Å². The van der Waals surface area contributed by atoms with E-state index in [4.69, 9.17) is 5.73 Å². The second-order valence-electron chi connectivity index (χ2n) is 3.28. The molecule has 68 valence electrons. The summed E-state index contributed by atoms with van der Waals surface area (Å²) in [7, 11) is 0. The van der Waals surface area contributed by atoms with Crippen LogP contribution in [0.2, 0.25) is 0 Å². The summed E-state index contributed by atoms with van der Waals surface area (Å²) < 4.78 is 13.3. The SMILES string of the molecule is CC(C)(N)c1cn(CCF)nn1. The summed E-state index contributed by atoms with van der Waals surface area (Å²) in [6, 6.07) is 0. The quantitative estimate of drug-likeness (QED) is 0.719. The van der Waals surface area contributed by atoms with Crippen molar-refractivity contribution >= 4 is 0 Å². The topological polar surface area (TPSA) is 56.7 Å². The molecule has 0 bridgehead atoms. The molecular weight excluding hydrogens is 159 g/mol. The van der Waals surface area contributed by atoms with E-state index in [1.54, 1.807) is 6.20 Å². The van der Waals surface area contributed by atoms with Crippen molar-refractivity contribution in [1.82, 2.24) is 15.0 Å². The molecule has 1 heterocycles. The molecule has 0 aromatic carbocycles. The normalized spacial score (nSPS) is 12.0. The Morgan fingerprint density at radius 3 is 2.75 bits per heavy atom. The molecule has 5 heteroatoms. The lowest BCUT2D eigenvalue weighted by Crippen LogP contribution is -2.29. The van der Waals surface area contributed by atoms with Gasteiger partial charge in [0.25, 0.3) is 0 Å². The number of nitrogens with two attached hydrogens (primary N) is 1. The van der Waals surface area contributed by atoms with Gasteiger partial charge in [-0.3, -0.25) is 0 Å². The third kappa shape index (κ3) is 2.01. The van der Waals surface area contributed by atoms with Crippen LogP contribution in [0.1, 0.15) is 19.5 Å². The van der Waals surface area contributed by atoms with Crippen LogP contribution >= 0.6 is 0 Å². The van der Waals surface area contributed by atoms with Gasteiger partial charge < -0.3 is 5.73 Å². The van der Waals surface area contributed by atoms with Crippen molar-refractivity contribution in [3.8, 4) is 0 Å². The number of hydrogen-bond donors (Lipinski definition) is 1. The van der Waals surface area contributed by atoms with E-state index in [-0.39, 0.29) is 6.54 Å². The van der Waals surface area contributed by atoms with E-state index < -0.39 is 12.2 Å². The Balaban J connectivity index is 2.77. The van der Waals surface area contributed by atoms with Gasteiger partial charge in [-0.05, 0) is 13.8 Å². The molecule has 0 spiro atoms. The van der Waals surface area contributed by atoms with Crippen LogP contribution in [-0.2, 0) is 12.1 Å². The molecule has 0 saturated heterocycles. The molecule has 0 aliphatic rings. The molecule has 12 heavy (non-hydrogen) atoms. The average Bonchev–Trinajstić information content (AvgIpc) is 2.35. The fraction of sp³-hybridized carbons (Fsp3) is 0.714. The number of nitrogens with zero attached hydrogens (tertiary/aromatic N) is 3. The minimum absolute atomic E-state index is 0.239. The molecule has 0 atom stereocenters. The number of aromatic nitrogens is 3. The standard InChI is InChI=1S/C7H13FN4/c1-7(2,9)6-5-12(4-3-8)11-10-6/h5H,3-4,9H2,1-2H3. The van der Waals surface area contributed by atoms with Crippen LogP contribution in [0.3, 0.4) is 0 Å². The van der Waals surface area contributed by atoms with Crippen molar-refractivity contribution in [3.63, 3.8) is 0 Å². The summed E-state index contributed by atoms with van der Waals surface area (Å²) in [5.41, 5.74) is 5.93. The van der Waals surface area contributed by atoms with Crippen molar-refractivity contribution in [1.29, 1.82) is 0 Å². The Kier molecular flexibility index (Phi) is 2.42. The number of alkyl halides is 1. The van der Waals surface area contributed by atoms with Crippen molar-refractivity contribution in [2.75, 3.05) is 6.67 Å². The third-order valence-corrected chi connectivity index (χ3v) is 1.51. The van der Waals surface area contributed by atoms with E-state index in [0.717, 1.165) is 0 Å². The van der Waals surface area contributed by atoms with Crippen LogP contribution in [0.15, 0.2) is 6.20 Å². The van der Waals surface area contributed by atoms with Gasteiger partial charge in [-0.2, -0.15) is 0 Å².